The molecule has 4 rings (SSSR count). The highest BCUT2D eigenvalue weighted by atomic mass is 35.5. The lowest BCUT2D eigenvalue weighted by atomic mass is 9.82. The second-order valence-corrected chi connectivity index (χ2v) is 7.07. The molecule has 7 nitrogen and oxygen atoms in total. The van der Waals surface area contributed by atoms with Crippen LogP contribution in [0, 0.1) is 5.92 Å². The number of halogens is 1. The van der Waals surface area contributed by atoms with Gasteiger partial charge >= 0.3 is 0 Å². The van der Waals surface area contributed by atoms with E-state index in [1.54, 1.807) is 11.1 Å². The molecular formula is C19H25ClN4O3. The van der Waals surface area contributed by atoms with Crippen LogP contribution in [-0.2, 0) is 16.1 Å². The fourth-order valence-corrected chi connectivity index (χ4v) is 3.88. The Bertz CT molecular complexity index is 754. The topological polar surface area (TPSA) is 80.5 Å². The number of nitrogens with zero attached hydrogens (tertiary/aromatic N) is 3. The largest absolute Gasteiger partial charge is 0.375 e. The molecule has 2 aromatic rings. The van der Waals surface area contributed by atoms with Crippen molar-refractivity contribution in [2.45, 2.75) is 38.0 Å². The third-order valence-corrected chi connectivity index (χ3v) is 5.23. The first-order chi connectivity index (χ1) is 12.7. The summed E-state index contributed by atoms with van der Waals surface area (Å²) in [6, 6.07) is 7.79. The molecule has 2 aliphatic rings. The van der Waals surface area contributed by atoms with E-state index in [9.17, 15) is 4.79 Å². The van der Waals surface area contributed by atoms with Crippen LogP contribution in [0.15, 0.2) is 35.0 Å². The number of hydrogen-bond acceptors (Lipinski definition) is 6. The lowest BCUT2D eigenvalue weighted by Gasteiger charge is -2.40. The SMILES string of the molecule is CN(Cc1cc(-c2ccccn2)no1)C(=O)[C@H]1CC[C@H]2OCCN[C@@H]2C1.Cl. The Kier molecular flexibility index (Phi) is 6.46. The smallest absolute Gasteiger partial charge is 0.225 e. The van der Waals surface area contributed by atoms with Gasteiger partial charge < -0.3 is 19.5 Å². The predicted molar refractivity (Wildman–Crippen MR) is 102 cm³/mol. The highest BCUT2D eigenvalue weighted by Crippen LogP contribution is 2.29. The first-order valence-electron chi connectivity index (χ1n) is 9.17. The summed E-state index contributed by atoms with van der Waals surface area (Å²) in [5.74, 6) is 0.856. The standard InChI is InChI=1S/C19H24N4O3.ClH/c1-23(12-14-11-16(22-26-14)15-4-2-3-7-20-15)19(24)13-5-6-18-17(10-13)21-8-9-25-18;/h2-4,7,11,13,17-18,21H,5-6,8-10,12H2,1H3;1H/t13-,17+,18+;/m0./s1. The van der Waals surface area contributed by atoms with Crippen LogP contribution in [0.2, 0.25) is 0 Å². The molecule has 0 radical (unpaired) electrons. The van der Waals surface area contributed by atoms with Crippen molar-refractivity contribution in [3.8, 4) is 11.4 Å². The second kappa shape index (κ2) is 8.82. The minimum absolute atomic E-state index is 0. The molecule has 1 N–H and O–H groups in total. The maximum atomic E-state index is 12.8. The zero-order chi connectivity index (χ0) is 17.9. The summed E-state index contributed by atoms with van der Waals surface area (Å²) in [5, 5.41) is 7.55. The van der Waals surface area contributed by atoms with Crippen LogP contribution in [0.3, 0.4) is 0 Å². The maximum Gasteiger partial charge on any atom is 0.225 e. The molecule has 1 aliphatic carbocycles. The van der Waals surface area contributed by atoms with Gasteiger partial charge in [0, 0.05) is 37.8 Å². The Hall–Kier alpha value is -1.96. The Morgan fingerprint density at radius 1 is 1.33 bits per heavy atom. The van der Waals surface area contributed by atoms with Gasteiger partial charge in [-0.1, -0.05) is 11.2 Å². The number of nitrogens with one attached hydrogen (secondary N) is 1. The van der Waals surface area contributed by atoms with Crippen LogP contribution in [-0.4, -0.2) is 53.3 Å². The molecule has 1 saturated heterocycles. The van der Waals surface area contributed by atoms with Crippen LogP contribution in [0.5, 0.6) is 0 Å². The van der Waals surface area contributed by atoms with Crippen molar-refractivity contribution >= 4 is 18.3 Å². The third-order valence-electron chi connectivity index (χ3n) is 5.23. The molecule has 27 heavy (non-hydrogen) atoms. The van der Waals surface area contributed by atoms with Crippen LogP contribution in [0.1, 0.15) is 25.0 Å². The van der Waals surface area contributed by atoms with Crippen molar-refractivity contribution < 1.29 is 14.1 Å². The van der Waals surface area contributed by atoms with Crippen molar-refractivity contribution in [2.24, 2.45) is 5.92 Å². The molecule has 1 saturated carbocycles. The van der Waals surface area contributed by atoms with Gasteiger partial charge in [-0.15, -0.1) is 12.4 Å². The number of carbonyl (C=O) groups is 1. The van der Waals surface area contributed by atoms with Crippen LogP contribution in [0.4, 0.5) is 0 Å². The minimum Gasteiger partial charge on any atom is -0.375 e. The van der Waals surface area contributed by atoms with E-state index in [0.29, 0.717) is 24.0 Å². The monoisotopic (exact) mass is 392 g/mol. The Morgan fingerprint density at radius 3 is 3.04 bits per heavy atom. The minimum atomic E-state index is 0. The molecule has 0 bridgehead atoms. The molecule has 2 fully saturated rings. The average molecular weight is 393 g/mol. The second-order valence-electron chi connectivity index (χ2n) is 7.07. The number of hydrogen-bond donors (Lipinski definition) is 1. The number of aromatic nitrogens is 2. The van der Waals surface area contributed by atoms with Gasteiger partial charge in [-0.05, 0) is 31.4 Å². The lowest BCUT2D eigenvalue weighted by molar-refractivity contribution is -0.138. The van der Waals surface area contributed by atoms with E-state index in [2.05, 4.69) is 15.5 Å². The summed E-state index contributed by atoms with van der Waals surface area (Å²) < 4.78 is 11.2. The zero-order valence-corrected chi connectivity index (χ0v) is 16.2. The Labute approximate surface area is 164 Å². The summed E-state index contributed by atoms with van der Waals surface area (Å²) in [7, 11) is 1.82. The molecule has 2 aromatic heterocycles. The van der Waals surface area contributed by atoms with Gasteiger partial charge in [0.05, 0.1) is 24.9 Å². The van der Waals surface area contributed by atoms with Gasteiger partial charge in [0.1, 0.15) is 5.69 Å². The fraction of sp³-hybridized carbons (Fsp3) is 0.526. The molecule has 1 amide bonds. The van der Waals surface area contributed by atoms with Crippen molar-refractivity contribution in [1.29, 1.82) is 0 Å². The maximum absolute atomic E-state index is 12.8. The molecule has 146 valence electrons. The van der Waals surface area contributed by atoms with Gasteiger partial charge in [0.2, 0.25) is 5.91 Å². The first-order valence-corrected chi connectivity index (χ1v) is 9.17. The van der Waals surface area contributed by atoms with Crippen LogP contribution < -0.4 is 5.32 Å². The van der Waals surface area contributed by atoms with Crippen molar-refractivity contribution in [2.75, 3.05) is 20.2 Å². The number of rotatable bonds is 4. The van der Waals surface area contributed by atoms with Crippen molar-refractivity contribution in [3.05, 3.63) is 36.2 Å². The molecular weight excluding hydrogens is 368 g/mol. The van der Waals surface area contributed by atoms with Gasteiger partial charge in [-0.3, -0.25) is 9.78 Å². The fourth-order valence-electron chi connectivity index (χ4n) is 3.88. The van der Waals surface area contributed by atoms with Crippen LogP contribution >= 0.6 is 12.4 Å². The number of fused-ring (bicyclic) bond motifs is 1. The van der Waals surface area contributed by atoms with Gasteiger partial charge in [-0.25, -0.2) is 0 Å². The summed E-state index contributed by atoms with van der Waals surface area (Å²) in [6.07, 6.45) is 4.63. The van der Waals surface area contributed by atoms with Crippen LogP contribution in [0.25, 0.3) is 11.4 Å². The van der Waals surface area contributed by atoms with Gasteiger partial charge in [0.15, 0.2) is 5.76 Å². The van der Waals surface area contributed by atoms with E-state index in [4.69, 9.17) is 9.26 Å². The number of morpholine rings is 1. The predicted octanol–water partition coefficient (Wildman–Crippen LogP) is 2.27. The number of pyridine rings is 1. The summed E-state index contributed by atoms with van der Waals surface area (Å²) >= 11 is 0. The van der Waals surface area contributed by atoms with E-state index >= 15 is 0 Å². The quantitative estimate of drug-likeness (QED) is 0.859. The molecule has 0 aromatic carbocycles. The highest BCUT2D eigenvalue weighted by molar-refractivity contribution is 5.85. The zero-order valence-electron chi connectivity index (χ0n) is 15.3. The average Bonchev–Trinajstić information content (AvgIpc) is 3.16. The summed E-state index contributed by atoms with van der Waals surface area (Å²) in [6.45, 7) is 2.04. The number of carbonyl (C=O) groups excluding carboxylic acids is 1. The van der Waals surface area contributed by atoms with E-state index in [0.717, 1.165) is 38.1 Å². The molecule has 3 atom stereocenters. The Balaban J connectivity index is 0.00000210. The number of amides is 1. The lowest BCUT2D eigenvalue weighted by Crippen LogP contribution is -2.53. The van der Waals surface area contributed by atoms with Crippen molar-refractivity contribution in [3.63, 3.8) is 0 Å². The van der Waals surface area contributed by atoms with E-state index in [1.807, 2.05) is 31.3 Å². The summed E-state index contributed by atoms with van der Waals surface area (Å²) in [4.78, 5) is 18.8. The van der Waals surface area contributed by atoms with E-state index in [1.165, 1.54) is 0 Å². The molecule has 8 heteroatoms. The molecule has 1 aliphatic heterocycles. The van der Waals surface area contributed by atoms with E-state index < -0.39 is 0 Å². The van der Waals surface area contributed by atoms with E-state index in [-0.39, 0.29) is 30.3 Å². The molecule has 0 spiro atoms. The molecule has 0 unspecified atom stereocenters. The Morgan fingerprint density at radius 2 is 2.22 bits per heavy atom. The number of ether oxygens (including phenoxy) is 1. The first kappa shape index (κ1) is 19.8. The van der Waals surface area contributed by atoms with Gasteiger partial charge in [0.25, 0.3) is 0 Å². The molecule has 3 heterocycles. The third kappa shape index (κ3) is 4.48. The summed E-state index contributed by atoms with van der Waals surface area (Å²) in [5.41, 5.74) is 1.45. The van der Waals surface area contributed by atoms with Gasteiger partial charge in [-0.2, -0.15) is 0 Å². The van der Waals surface area contributed by atoms with Crippen molar-refractivity contribution in [1.82, 2.24) is 20.4 Å². The highest BCUT2D eigenvalue weighted by Gasteiger charge is 2.36. The normalized spacial score (nSPS) is 24.6.